The predicted molar refractivity (Wildman–Crippen MR) is 111 cm³/mol. The van der Waals surface area contributed by atoms with E-state index >= 15 is 0 Å². The monoisotopic (exact) mass is 393 g/mol. The van der Waals surface area contributed by atoms with E-state index in [1.54, 1.807) is 19.4 Å². The van der Waals surface area contributed by atoms with Crippen LogP contribution >= 0.6 is 11.6 Å². The average Bonchev–Trinajstić information content (AvgIpc) is 3.10. The number of methoxy groups -OCH3 is 1. The molecule has 0 unspecified atom stereocenters. The Morgan fingerprint density at radius 2 is 1.93 bits per heavy atom. The maximum absolute atomic E-state index is 5.83. The zero-order chi connectivity index (χ0) is 19.5. The van der Waals surface area contributed by atoms with Crippen LogP contribution in [-0.2, 0) is 13.0 Å². The van der Waals surface area contributed by atoms with Crippen molar-refractivity contribution in [1.82, 2.24) is 19.9 Å². The van der Waals surface area contributed by atoms with Gasteiger partial charge < -0.3 is 15.0 Å². The molecule has 7 heteroatoms. The number of H-pyrrole nitrogens is 1. The van der Waals surface area contributed by atoms with E-state index in [9.17, 15) is 0 Å². The average molecular weight is 394 g/mol. The first kappa shape index (κ1) is 18.3. The number of anilines is 1. The summed E-state index contributed by atoms with van der Waals surface area (Å²) in [7, 11) is 1.65. The van der Waals surface area contributed by atoms with Crippen molar-refractivity contribution in [3.05, 3.63) is 76.5 Å². The number of hydrogen-bond acceptors (Lipinski definition) is 5. The van der Waals surface area contributed by atoms with Gasteiger partial charge in [0.1, 0.15) is 10.8 Å². The fraction of sp³-hybridized carbons (Fsp3) is 0.190. The quantitative estimate of drug-likeness (QED) is 0.471. The minimum Gasteiger partial charge on any atom is -0.493 e. The third-order valence-corrected chi connectivity index (χ3v) is 4.75. The molecule has 0 aliphatic heterocycles. The van der Waals surface area contributed by atoms with Crippen LogP contribution in [-0.4, -0.2) is 27.0 Å². The van der Waals surface area contributed by atoms with Crippen LogP contribution in [0, 0.1) is 6.92 Å². The van der Waals surface area contributed by atoms with Crippen molar-refractivity contribution in [3.63, 3.8) is 0 Å². The summed E-state index contributed by atoms with van der Waals surface area (Å²) < 4.78 is 5.54. The van der Waals surface area contributed by atoms with Crippen molar-refractivity contribution in [2.24, 2.45) is 0 Å². The largest absolute Gasteiger partial charge is 0.493 e. The zero-order valence-corrected chi connectivity index (χ0v) is 16.4. The number of rotatable bonds is 6. The van der Waals surface area contributed by atoms with Crippen molar-refractivity contribution in [2.75, 3.05) is 12.4 Å². The van der Waals surface area contributed by atoms with Gasteiger partial charge in [0.05, 0.1) is 7.11 Å². The first-order chi connectivity index (χ1) is 13.6. The Hall–Kier alpha value is -3.12. The number of halogens is 1. The molecule has 0 saturated carbocycles. The van der Waals surface area contributed by atoms with E-state index in [4.69, 9.17) is 16.3 Å². The van der Waals surface area contributed by atoms with E-state index in [0.29, 0.717) is 23.3 Å². The molecule has 4 aromatic rings. The SMILES string of the molecule is COc1cc(Cc2c[nH]c3ncc(C)cc23)cnc1NCc1ccc(Cl)nc1. The summed E-state index contributed by atoms with van der Waals surface area (Å²) in [5.41, 5.74) is 5.30. The summed E-state index contributed by atoms with van der Waals surface area (Å²) in [6, 6.07) is 7.85. The summed E-state index contributed by atoms with van der Waals surface area (Å²) in [4.78, 5) is 16.3. The van der Waals surface area contributed by atoms with Gasteiger partial charge in [-0.25, -0.2) is 15.0 Å². The Morgan fingerprint density at radius 3 is 2.71 bits per heavy atom. The molecule has 0 aliphatic rings. The Morgan fingerprint density at radius 1 is 1.07 bits per heavy atom. The lowest BCUT2D eigenvalue weighted by Gasteiger charge is -2.12. The maximum Gasteiger partial charge on any atom is 0.169 e. The molecule has 0 atom stereocenters. The molecule has 0 bridgehead atoms. The molecule has 0 fully saturated rings. The molecule has 0 spiro atoms. The lowest BCUT2D eigenvalue weighted by Crippen LogP contribution is -2.04. The third kappa shape index (κ3) is 3.92. The number of nitrogens with one attached hydrogen (secondary N) is 2. The van der Waals surface area contributed by atoms with Crippen molar-refractivity contribution >= 4 is 28.5 Å². The van der Waals surface area contributed by atoms with Gasteiger partial charge in [0.2, 0.25) is 0 Å². The molecule has 0 amide bonds. The van der Waals surface area contributed by atoms with Crippen LogP contribution in [0.4, 0.5) is 5.82 Å². The van der Waals surface area contributed by atoms with Gasteiger partial charge >= 0.3 is 0 Å². The van der Waals surface area contributed by atoms with Crippen LogP contribution in [0.25, 0.3) is 11.0 Å². The predicted octanol–water partition coefficient (Wildman–Crippen LogP) is 4.53. The second-order valence-electron chi connectivity index (χ2n) is 6.64. The number of ether oxygens (including phenoxy) is 1. The van der Waals surface area contributed by atoms with Gasteiger partial charge in [-0.3, -0.25) is 0 Å². The lowest BCUT2D eigenvalue weighted by atomic mass is 10.1. The molecule has 28 heavy (non-hydrogen) atoms. The number of aryl methyl sites for hydroxylation is 1. The van der Waals surface area contributed by atoms with Crippen LogP contribution in [0.2, 0.25) is 5.15 Å². The van der Waals surface area contributed by atoms with E-state index in [0.717, 1.165) is 34.1 Å². The third-order valence-electron chi connectivity index (χ3n) is 4.53. The molecular formula is C21H20ClN5O. The normalized spacial score (nSPS) is 11.0. The van der Waals surface area contributed by atoms with E-state index in [-0.39, 0.29) is 0 Å². The second kappa shape index (κ2) is 7.86. The highest BCUT2D eigenvalue weighted by Gasteiger charge is 2.10. The topological polar surface area (TPSA) is 75.7 Å². The summed E-state index contributed by atoms with van der Waals surface area (Å²) in [5.74, 6) is 1.39. The van der Waals surface area contributed by atoms with Gasteiger partial charge in [0, 0.05) is 43.1 Å². The molecule has 0 radical (unpaired) electrons. The van der Waals surface area contributed by atoms with Crippen molar-refractivity contribution in [2.45, 2.75) is 19.9 Å². The first-order valence-electron chi connectivity index (χ1n) is 8.92. The van der Waals surface area contributed by atoms with Crippen molar-refractivity contribution in [1.29, 1.82) is 0 Å². The van der Waals surface area contributed by atoms with Gasteiger partial charge in [-0.1, -0.05) is 17.7 Å². The van der Waals surface area contributed by atoms with Gasteiger partial charge in [-0.2, -0.15) is 0 Å². The van der Waals surface area contributed by atoms with E-state index in [1.165, 1.54) is 5.56 Å². The van der Waals surface area contributed by atoms with Crippen LogP contribution in [0.1, 0.15) is 22.3 Å². The highest BCUT2D eigenvalue weighted by molar-refractivity contribution is 6.29. The Balaban J connectivity index is 1.52. The molecule has 0 aromatic carbocycles. The maximum atomic E-state index is 5.83. The summed E-state index contributed by atoms with van der Waals surface area (Å²) in [6.45, 7) is 2.63. The van der Waals surface area contributed by atoms with E-state index < -0.39 is 0 Å². The lowest BCUT2D eigenvalue weighted by molar-refractivity contribution is 0.414. The highest BCUT2D eigenvalue weighted by Crippen LogP contribution is 2.26. The zero-order valence-electron chi connectivity index (χ0n) is 15.7. The number of hydrogen-bond donors (Lipinski definition) is 2. The van der Waals surface area contributed by atoms with Crippen LogP contribution < -0.4 is 10.1 Å². The number of pyridine rings is 3. The van der Waals surface area contributed by atoms with Crippen LogP contribution in [0.3, 0.4) is 0 Å². The molecule has 2 N–H and O–H groups in total. The van der Waals surface area contributed by atoms with Crippen molar-refractivity contribution in [3.8, 4) is 5.75 Å². The molecule has 0 aliphatic carbocycles. The first-order valence-corrected chi connectivity index (χ1v) is 9.30. The number of fused-ring (bicyclic) bond motifs is 1. The molecule has 142 valence electrons. The van der Waals surface area contributed by atoms with Gasteiger partial charge in [-0.05, 0) is 47.4 Å². The highest BCUT2D eigenvalue weighted by atomic mass is 35.5. The molecule has 4 rings (SSSR count). The fourth-order valence-electron chi connectivity index (χ4n) is 3.10. The van der Waals surface area contributed by atoms with E-state index in [1.807, 2.05) is 37.6 Å². The standard InChI is InChI=1S/C21H20ClN5O/c1-13-5-17-16(12-27-20(17)24-8-13)6-15-7-18(28-2)21(26-11-15)25-10-14-3-4-19(22)23-9-14/h3-5,7-9,11-12H,6,10H2,1-2H3,(H,24,27)(H,25,26). The smallest absolute Gasteiger partial charge is 0.169 e. The number of nitrogens with zero attached hydrogens (tertiary/aromatic N) is 3. The van der Waals surface area contributed by atoms with Crippen LogP contribution in [0.5, 0.6) is 5.75 Å². The minimum absolute atomic E-state index is 0.478. The Bertz CT molecular complexity index is 1110. The van der Waals surface area contributed by atoms with Gasteiger partial charge in [0.15, 0.2) is 11.6 Å². The summed E-state index contributed by atoms with van der Waals surface area (Å²) in [6.07, 6.45) is 8.22. The van der Waals surface area contributed by atoms with Crippen LogP contribution in [0.15, 0.2) is 49.1 Å². The van der Waals surface area contributed by atoms with Gasteiger partial charge in [0.25, 0.3) is 0 Å². The number of aromatic nitrogens is 4. The van der Waals surface area contributed by atoms with Gasteiger partial charge in [-0.15, -0.1) is 0 Å². The van der Waals surface area contributed by atoms with Crippen molar-refractivity contribution < 1.29 is 4.74 Å². The summed E-state index contributed by atoms with van der Waals surface area (Å²) in [5, 5.41) is 4.90. The molecule has 4 heterocycles. The fourth-order valence-corrected chi connectivity index (χ4v) is 3.21. The molecule has 6 nitrogen and oxygen atoms in total. The Kier molecular flexibility index (Phi) is 5.12. The summed E-state index contributed by atoms with van der Waals surface area (Å²) >= 11 is 5.83. The molecule has 0 saturated heterocycles. The number of aromatic amines is 1. The molecule has 4 aromatic heterocycles. The molecular weight excluding hydrogens is 374 g/mol. The second-order valence-corrected chi connectivity index (χ2v) is 7.02. The Labute approximate surface area is 168 Å². The van der Waals surface area contributed by atoms with E-state index in [2.05, 4.69) is 31.3 Å². The minimum atomic E-state index is 0.478.